The van der Waals surface area contributed by atoms with E-state index in [0.717, 1.165) is 24.1 Å². The van der Waals surface area contributed by atoms with Crippen molar-refractivity contribution in [2.75, 3.05) is 10.6 Å². The second-order valence-electron chi connectivity index (χ2n) is 6.07. The maximum Gasteiger partial charge on any atom is 0.257 e. The smallest absolute Gasteiger partial charge is 0.257 e. The van der Waals surface area contributed by atoms with Crippen LogP contribution < -0.4 is 16.0 Å². The fraction of sp³-hybridized carbons (Fsp3) is 0.211. The predicted molar refractivity (Wildman–Crippen MR) is 103 cm³/mol. The molecule has 1 fully saturated rings. The van der Waals surface area contributed by atoms with E-state index in [9.17, 15) is 9.59 Å². The summed E-state index contributed by atoms with van der Waals surface area (Å²) >= 11 is 5.20. The van der Waals surface area contributed by atoms with Gasteiger partial charge in [-0.2, -0.15) is 0 Å². The molecule has 2 amide bonds. The summed E-state index contributed by atoms with van der Waals surface area (Å²) in [6.07, 6.45) is 1.91. The van der Waals surface area contributed by atoms with Crippen LogP contribution in [0.5, 0.6) is 0 Å². The molecule has 5 nitrogen and oxygen atoms in total. The van der Waals surface area contributed by atoms with E-state index in [2.05, 4.69) is 16.0 Å². The number of thiocarbonyl (C=S) groups is 1. The summed E-state index contributed by atoms with van der Waals surface area (Å²) in [4.78, 5) is 24.0. The Balaban J connectivity index is 1.62. The van der Waals surface area contributed by atoms with Gasteiger partial charge in [-0.3, -0.25) is 14.9 Å². The zero-order chi connectivity index (χ0) is 17.8. The summed E-state index contributed by atoms with van der Waals surface area (Å²) in [5, 5.41) is 8.77. The maximum absolute atomic E-state index is 12.1. The van der Waals surface area contributed by atoms with Crippen molar-refractivity contribution >= 4 is 40.5 Å². The van der Waals surface area contributed by atoms with Crippen molar-refractivity contribution in [1.82, 2.24) is 5.32 Å². The normalized spacial score (nSPS) is 13.0. The zero-order valence-corrected chi connectivity index (χ0v) is 14.7. The van der Waals surface area contributed by atoms with Crippen LogP contribution in [0.2, 0.25) is 0 Å². The largest absolute Gasteiger partial charge is 0.332 e. The molecule has 0 aromatic heterocycles. The monoisotopic (exact) mass is 353 g/mol. The Kier molecular flexibility index (Phi) is 5.09. The summed E-state index contributed by atoms with van der Waals surface area (Å²) in [6, 6.07) is 14.4. The quantitative estimate of drug-likeness (QED) is 0.736. The number of carbonyl (C=O) groups is 2. The molecule has 0 radical (unpaired) electrons. The Morgan fingerprint density at radius 2 is 1.76 bits per heavy atom. The van der Waals surface area contributed by atoms with E-state index >= 15 is 0 Å². The molecular weight excluding hydrogens is 334 g/mol. The molecule has 0 bridgehead atoms. The first-order valence-corrected chi connectivity index (χ1v) is 8.52. The summed E-state index contributed by atoms with van der Waals surface area (Å²) in [6.45, 7) is 1.93. The average Bonchev–Trinajstić information content (AvgIpc) is 3.43. The first kappa shape index (κ1) is 17.1. The molecule has 6 heteroatoms. The standard InChI is InChI=1S/C19H19N3O2S/c1-12-7-10-15(11-16(12)21-17(23)14-8-9-14)20-19(25)22-18(24)13-5-3-2-4-6-13/h2-7,10-11,14H,8-9H2,1H3,(H,21,23)(H2,20,22,24,25). The van der Waals surface area contributed by atoms with E-state index in [4.69, 9.17) is 12.2 Å². The molecule has 3 N–H and O–H groups in total. The molecule has 0 aliphatic heterocycles. The van der Waals surface area contributed by atoms with Crippen molar-refractivity contribution in [3.63, 3.8) is 0 Å². The summed E-state index contributed by atoms with van der Waals surface area (Å²) in [5.41, 5.74) is 2.96. The minimum Gasteiger partial charge on any atom is -0.332 e. The number of carbonyl (C=O) groups excluding carboxylic acids is 2. The highest BCUT2D eigenvalue weighted by atomic mass is 32.1. The highest BCUT2D eigenvalue weighted by Crippen LogP contribution is 2.31. The van der Waals surface area contributed by atoms with Gasteiger partial charge in [-0.1, -0.05) is 24.3 Å². The van der Waals surface area contributed by atoms with E-state index < -0.39 is 0 Å². The number of hydrogen-bond acceptors (Lipinski definition) is 3. The van der Waals surface area contributed by atoms with Crippen LogP contribution >= 0.6 is 12.2 Å². The van der Waals surface area contributed by atoms with Crippen LogP contribution in [0.25, 0.3) is 0 Å². The van der Waals surface area contributed by atoms with E-state index in [1.54, 1.807) is 24.3 Å². The second kappa shape index (κ2) is 7.44. The van der Waals surface area contributed by atoms with Crippen LogP contribution in [0.3, 0.4) is 0 Å². The zero-order valence-electron chi connectivity index (χ0n) is 13.8. The van der Waals surface area contributed by atoms with E-state index in [0.29, 0.717) is 11.3 Å². The molecule has 0 heterocycles. The van der Waals surface area contributed by atoms with Crippen molar-refractivity contribution in [3.8, 4) is 0 Å². The van der Waals surface area contributed by atoms with Gasteiger partial charge in [0, 0.05) is 22.9 Å². The third-order valence-corrected chi connectivity index (χ3v) is 4.17. The van der Waals surface area contributed by atoms with Gasteiger partial charge < -0.3 is 10.6 Å². The van der Waals surface area contributed by atoms with Gasteiger partial charge in [0.2, 0.25) is 5.91 Å². The van der Waals surface area contributed by atoms with Crippen LogP contribution in [0.1, 0.15) is 28.8 Å². The highest BCUT2D eigenvalue weighted by Gasteiger charge is 2.29. The SMILES string of the molecule is Cc1ccc(NC(=S)NC(=O)c2ccccc2)cc1NC(=O)C1CC1. The Morgan fingerprint density at radius 1 is 1.04 bits per heavy atom. The van der Waals surface area contributed by atoms with Gasteiger partial charge >= 0.3 is 0 Å². The lowest BCUT2D eigenvalue weighted by atomic mass is 10.1. The van der Waals surface area contributed by atoms with Crippen molar-refractivity contribution in [1.29, 1.82) is 0 Å². The first-order valence-electron chi connectivity index (χ1n) is 8.12. The summed E-state index contributed by atoms with van der Waals surface area (Å²) in [7, 11) is 0. The average molecular weight is 353 g/mol. The van der Waals surface area contributed by atoms with E-state index in [1.807, 2.05) is 31.2 Å². The Labute approximate surface area is 151 Å². The van der Waals surface area contributed by atoms with Crippen LogP contribution in [0.4, 0.5) is 11.4 Å². The number of benzene rings is 2. The predicted octanol–water partition coefficient (Wildman–Crippen LogP) is 3.47. The van der Waals surface area contributed by atoms with Crippen LogP contribution in [0.15, 0.2) is 48.5 Å². The molecule has 0 atom stereocenters. The number of aryl methyl sites for hydroxylation is 1. The minimum atomic E-state index is -0.271. The van der Waals surface area contributed by atoms with E-state index in [-0.39, 0.29) is 22.8 Å². The minimum absolute atomic E-state index is 0.0557. The van der Waals surface area contributed by atoms with Gasteiger partial charge in [0.25, 0.3) is 5.91 Å². The summed E-state index contributed by atoms with van der Waals surface area (Å²) < 4.78 is 0. The maximum atomic E-state index is 12.1. The van der Waals surface area contributed by atoms with Gasteiger partial charge in [0.1, 0.15) is 0 Å². The van der Waals surface area contributed by atoms with Crippen molar-refractivity contribution in [2.24, 2.45) is 5.92 Å². The van der Waals surface area contributed by atoms with Crippen LogP contribution in [0, 0.1) is 12.8 Å². The van der Waals surface area contributed by atoms with E-state index in [1.165, 1.54) is 0 Å². The van der Waals surface area contributed by atoms with Gasteiger partial charge in [0.05, 0.1) is 0 Å². The molecule has 2 aromatic carbocycles. The molecule has 0 spiro atoms. The Morgan fingerprint density at radius 3 is 2.44 bits per heavy atom. The molecule has 1 aliphatic carbocycles. The third-order valence-electron chi connectivity index (χ3n) is 3.96. The highest BCUT2D eigenvalue weighted by molar-refractivity contribution is 7.80. The van der Waals surface area contributed by atoms with Crippen LogP contribution in [-0.2, 0) is 4.79 Å². The van der Waals surface area contributed by atoms with Gasteiger partial charge in [0.15, 0.2) is 5.11 Å². The van der Waals surface area contributed by atoms with Crippen molar-refractivity contribution < 1.29 is 9.59 Å². The molecule has 1 aliphatic rings. The molecule has 1 saturated carbocycles. The number of anilines is 2. The van der Waals surface area contributed by atoms with Crippen molar-refractivity contribution in [3.05, 3.63) is 59.7 Å². The van der Waals surface area contributed by atoms with Gasteiger partial charge in [-0.25, -0.2) is 0 Å². The molecule has 2 aromatic rings. The fourth-order valence-electron chi connectivity index (χ4n) is 2.34. The number of rotatable bonds is 4. The number of hydrogen-bond donors (Lipinski definition) is 3. The van der Waals surface area contributed by atoms with Crippen molar-refractivity contribution in [2.45, 2.75) is 19.8 Å². The number of amides is 2. The lowest BCUT2D eigenvalue weighted by Crippen LogP contribution is -2.34. The Hall–Kier alpha value is -2.73. The molecule has 0 unspecified atom stereocenters. The molecular formula is C19H19N3O2S. The Bertz CT molecular complexity index is 817. The second-order valence-corrected chi connectivity index (χ2v) is 6.48. The fourth-order valence-corrected chi connectivity index (χ4v) is 2.55. The molecule has 128 valence electrons. The van der Waals surface area contributed by atoms with Gasteiger partial charge in [-0.05, 0) is 61.8 Å². The first-order chi connectivity index (χ1) is 12.0. The lowest BCUT2D eigenvalue weighted by molar-refractivity contribution is -0.117. The topological polar surface area (TPSA) is 70.2 Å². The molecule has 3 rings (SSSR count). The molecule has 0 saturated heterocycles. The lowest BCUT2D eigenvalue weighted by Gasteiger charge is -2.13. The third kappa shape index (κ3) is 4.64. The molecule has 25 heavy (non-hydrogen) atoms. The van der Waals surface area contributed by atoms with Gasteiger partial charge in [-0.15, -0.1) is 0 Å². The summed E-state index contributed by atoms with van der Waals surface area (Å²) in [5.74, 6) is -0.0741. The number of nitrogens with one attached hydrogen (secondary N) is 3. The van der Waals surface area contributed by atoms with Crippen LogP contribution in [-0.4, -0.2) is 16.9 Å².